The van der Waals surface area contributed by atoms with Crippen molar-refractivity contribution in [3.63, 3.8) is 0 Å². The van der Waals surface area contributed by atoms with Gasteiger partial charge in [-0.1, -0.05) is 44.2 Å². The van der Waals surface area contributed by atoms with E-state index in [0.29, 0.717) is 18.0 Å². The molecule has 0 bridgehead atoms. The second-order valence-electron chi connectivity index (χ2n) is 5.91. The Labute approximate surface area is 111 Å². The van der Waals surface area contributed by atoms with Gasteiger partial charge >= 0.3 is 0 Å². The molecule has 1 fully saturated rings. The van der Waals surface area contributed by atoms with E-state index in [1.807, 2.05) is 0 Å². The van der Waals surface area contributed by atoms with E-state index in [-0.39, 0.29) is 6.04 Å². The molecule has 0 spiro atoms. The van der Waals surface area contributed by atoms with Gasteiger partial charge in [0.25, 0.3) is 0 Å². The predicted molar refractivity (Wildman–Crippen MR) is 77.4 cm³/mol. The van der Waals surface area contributed by atoms with Crippen LogP contribution in [0.15, 0.2) is 30.3 Å². The van der Waals surface area contributed by atoms with E-state index in [1.54, 1.807) is 0 Å². The number of rotatable bonds is 4. The fourth-order valence-corrected chi connectivity index (χ4v) is 3.32. The molecule has 0 saturated carbocycles. The Kier molecular flexibility index (Phi) is 4.41. The lowest BCUT2D eigenvalue weighted by molar-refractivity contribution is 0.130. The molecule has 2 N–H and O–H groups in total. The minimum atomic E-state index is 0.173. The van der Waals surface area contributed by atoms with Gasteiger partial charge in [0.2, 0.25) is 0 Å². The van der Waals surface area contributed by atoms with Crippen molar-refractivity contribution in [2.24, 2.45) is 11.7 Å². The first kappa shape index (κ1) is 13.6. The molecule has 1 heterocycles. The van der Waals surface area contributed by atoms with E-state index in [4.69, 9.17) is 5.73 Å². The number of nitrogens with two attached hydrogens (primary N) is 1. The van der Waals surface area contributed by atoms with Crippen LogP contribution in [0.3, 0.4) is 0 Å². The molecule has 3 unspecified atom stereocenters. The summed E-state index contributed by atoms with van der Waals surface area (Å²) in [6.45, 7) is 7.97. The second-order valence-corrected chi connectivity index (χ2v) is 5.91. The Bertz CT molecular complexity index is 359. The molecular weight excluding hydrogens is 220 g/mol. The van der Waals surface area contributed by atoms with Crippen LogP contribution in [0.5, 0.6) is 0 Å². The van der Waals surface area contributed by atoms with E-state index >= 15 is 0 Å². The first-order valence-electron chi connectivity index (χ1n) is 7.17. The maximum absolute atomic E-state index is 6.27. The molecule has 1 aromatic carbocycles. The van der Waals surface area contributed by atoms with Gasteiger partial charge in [0.15, 0.2) is 0 Å². The predicted octanol–water partition coefficient (Wildman–Crippen LogP) is 3.20. The summed E-state index contributed by atoms with van der Waals surface area (Å²) in [7, 11) is 0. The highest BCUT2D eigenvalue weighted by Crippen LogP contribution is 2.34. The highest BCUT2D eigenvalue weighted by atomic mass is 15.2. The largest absolute Gasteiger partial charge is 0.326 e. The summed E-state index contributed by atoms with van der Waals surface area (Å²) in [5, 5.41) is 0. The van der Waals surface area contributed by atoms with Crippen LogP contribution in [0.2, 0.25) is 0 Å². The van der Waals surface area contributed by atoms with Crippen LogP contribution in [-0.4, -0.2) is 23.5 Å². The number of hydrogen-bond donors (Lipinski definition) is 1. The van der Waals surface area contributed by atoms with Crippen LogP contribution in [0.4, 0.5) is 0 Å². The first-order valence-corrected chi connectivity index (χ1v) is 7.17. The van der Waals surface area contributed by atoms with Gasteiger partial charge in [0.05, 0.1) is 0 Å². The average Bonchev–Trinajstić information content (AvgIpc) is 2.79. The molecule has 0 amide bonds. The van der Waals surface area contributed by atoms with Gasteiger partial charge in [-0.15, -0.1) is 0 Å². The van der Waals surface area contributed by atoms with Gasteiger partial charge in [-0.25, -0.2) is 0 Å². The molecule has 1 aliphatic rings. The normalized spacial score (nSPS) is 24.4. The molecule has 100 valence electrons. The van der Waals surface area contributed by atoms with E-state index < -0.39 is 0 Å². The monoisotopic (exact) mass is 246 g/mol. The summed E-state index contributed by atoms with van der Waals surface area (Å²) in [6.07, 6.45) is 2.62. The van der Waals surface area contributed by atoms with Crippen LogP contribution < -0.4 is 5.73 Å². The van der Waals surface area contributed by atoms with Crippen molar-refractivity contribution in [3.8, 4) is 0 Å². The highest BCUT2D eigenvalue weighted by Gasteiger charge is 2.34. The molecule has 0 aromatic heterocycles. The Morgan fingerprint density at radius 3 is 2.39 bits per heavy atom. The van der Waals surface area contributed by atoms with E-state index in [0.717, 1.165) is 0 Å². The Morgan fingerprint density at radius 1 is 1.17 bits per heavy atom. The standard InChI is InChI=1S/C16H26N2/c1-12(2)15-10-7-11-18(15)16(13(3)17)14-8-5-4-6-9-14/h4-6,8-9,12-13,15-16H,7,10-11,17H2,1-3H3. The third-order valence-corrected chi connectivity index (χ3v) is 4.11. The van der Waals surface area contributed by atoms with Gasteiger partial charge in [0, 0.05) is 18.1 Å². The summed E-state index contributed by atoms with van der Waals surface area (Å²) in [5.74, 6) is 0.706. The SMILES string of the molecule is CC(C)C1CCCN1C(c1ccccc1)C(C)N. The fraction of sp³-hybridized carbons (Fsp3) is 0.625. The molecule has 18 heavy (non-hydrogen) atoms. The third kappa shape index (κ3) is 2.76. The van der Waals surface area contributed by atoms with Crippen molar-refractivity contribution >= 4 is 0 Å². The Hall–Kier alpha value is -0.860. The van der Waals surface area contributed by atoms with Crippen molar-refractivity contribution in [1.82, 2.24) is 4.90 Å². The van der Waals surface area contributed by atoms with Crippen molar-refractivity contribution in [2.45, 2.75) is 51.7 Å². The summed E-state index contributed by atoms with van der Waals surface area (Å²) in [6, 6.07) is 11.9. The van der Waals surface area contributed by atoms with Gasteiger partial charge < -0.3 is 5.73 Å². The lowest BCUT2D eigenvalue weighted by atomic mass is 9.95. The maximum Gasteiger partial charge on any atom is 0.0499 e. The lowest BCUT2D eigenvalue weighted by Crippen LogP contribution is -2.43. The molecule has 3 atom stereocenters. The van der Waals surface area contributed by atoms with Gasteiger partial charge in [-0.05, 0) is 37.8 Å². The van der Waals surface area contributed by atoms with Crippen molar-refractivity contribution in [3.05, 3.63) is 35.9 Å². The fourth-order valence-electron chi connectivity index (χ4n) is 3.32. The summed E-state index contributed by atoms with van der Waals surface area (Å²) < 4.78 is 0. The quantitative estimate of drug-likeness (QED) is 0.884. The van der Waals surface area contributed by atoms with E-state index in [9.17, 15) is 0 Å². The Morgan fingerprint density at radius 2 is 1.83 bits per heavy atom. The average molecular weight is 246 g/mol. The number of nitrogens with zero attached hydrogens (tertiary/aromatic N) is 1. The van der Waals surface area contributed by atoms with E-state index in [2.05, 4.69) is 56.0 Å². The van der Waals surface area contributed by atoms with Crippen LogP contribution in [-0.2, 0) is 0 Å². The first-order chi connectivity index (χ1) is 8.61. The van der Waals surface area contributed by atoms with Crippen molar-refractivity contribution in [1.29, 1.82) is 0 Å². The third-order valence-electron chi connectivity index (χ3n) is 4.11. The van der Waals surface area contributed by atoms with Gasteiger partial charge in [-0.2, -0.15) is 0 Å². The molecule has 2 nitrogen and oxygen atoms in total. The summed E-state index contributed by atoms with van der Waals surface area (Å²) in [5.41, 5.74) is 7.63. The zero-order valence-corrected chi connectivity index (χ0v) is 11.8. The molecule has 0 radical (unpaired) electrons. The van der Waals surface area contributed by atoms with Crippen LogP contribution >= 0.6 is 0 Å². The Balaban J connectivity index is 2.25. The maximum atomic E-state index is 6.27. The van der Waals surface area contributed by atoms with Crippen LogP contribution in [0, 0.1) is 5.92 Å². The lowest BCUT2D eigenvalue weighted by Gasteiger charge is -2.37. The van der Waals surface area contributed by atoms with Crippen LogP contribution in [0.1, 0.15) is 45.2 Å². The highest BCUT2D eigenvalue weighted by molar-refractivity contribution is 5.21. The molecule has 0 aliphatic carbocycles. The van der Waals surface area contributed by atoms with Crippen LogP contribution in [0.25, 0.3) is 0 Å². The summed E-state index contributed by atoms with van der Waals surface area (Å²) >= 11 is 0. The molecule has 1 aliphatic heterocycles. The van der Waals surface area contributed by atoms with E-state index in [1.165, 1.54) is 24.9 Å². The molecule has 1 saturated heterocycles. The minimum Gasteiger partial charge on any atom is -0.326 e. The molecule has 1 aromatic rings. The minimum absolute atomic E-state index is 0.173. The number of benzene rings is 1. The topological polar surface area (TPSA) is 29.3 Å². The second kappa shape index (κ2) is 5.85. The zero-order valence-electron chi connectivity index (χ0n) is 11.8. The summed E-state index contributed by atoms with van der Waals surface area (Å²) in [4.78, 5) is 2.63. The smallest absolute Gasteiger partial charge is 0.0499 e. The molecular formula is C16H26N2. The zero-order chi connectivity index (χ0) is 13.1. The van der Waals surface area contributed by atoms with Gasteiger partial charge in [-0.3, -0.25) is 4.90 Å². The van der Waals surface area contributed by atoms with Crippen molar-refractivity contribution in [2.75, 3.05) is 6.54 Å². The van der Waals surface area contributed by atoms with Gasteiger partial charge in [0.1, 0.15) is 0 Å². The number of likely N-dealkylation sites (tertiary alicyclic amines) is 1. The molecule has 2 heteroatoms. The molecule has 2 rings (SSSR count). The van der Waals surface area contributed by atoms with Crippen molar-refractivity contribution < 1.29 is 0 Å². The number of hydrogen-bond acceptors (Lipinski definition) is 2.